The van der Waals surface area contributed by atoms with E-state index >= 15 is 0 Å². The highest BCUT2D eigenvalue weighted by atomic mass is 16.5. The van der Waals surface area contributed by atoms with Gasteiger partial charge in [-0.25, -0.2) is 0 Å². The number of para-hydroxylation sites is 1. The molecule has 0 aliphatic carbocycles. The molecule has 114 valence electrons. The Morgan fingerprint density at radius 2 is 2.24 bits per heavy atom. The van der Waals surface area contributed by atoms with Crippen molar-refractivity contribution >= 4 is 10.9 Å². The van der Waals surface area contributed by atoms with Crippen LogP contribution in [0.3, 0.4) is 0 Å². The van der Waals surface area contributed by atoms with Gasteiger partial charge in [-0.1, -0.05) is 25.1 Å². The van der Waals surface area contributed by atoms with Crippen LogP contribution in [-0.4, -0.2) is 35.1 Å². The minimum absolute atomic E-state index is 0.329. The van der Waals surface area contributed by atoms with E-state index in [0.717, 1.165) is 32.5 Å². The molecule has 3 rings (SSSR count). The number of hydrogen-bond acceptors (Lipinski definition) is 3. The Hall–Kier alpha value is -1.39. The van der Waals surface area contributed by atoms with E-state index in [0.29, 0.717) is 12.1 Å². The summed E-state index contributed by atoms with van der Waals surface area (Å²) in [6.07, 6.45) is 3.60. The molecule has 21 heavy (non-hydrogen) atoms. The minimum Gasteiger partial charge on any atom is -0.377 e. The number of fused-ring (bicyclic) bond motifs is 1. The summed E-state index contributed by atoms with van der Waals surface area (Å²) in [6, 6.07) is 8.89. The van der Waals surface area contributed by atoms with Crippen molar-refractivity contribution in [2.24, 2.45) is 0 Å². The molecule has 0 amide bonds. The van der Waals surface area contributed by atoms with Crippen molar-refractivity contribution in [3.63, 3.8) is 0 Å². The van der Waals surface area contributed by atoms with Crippen LogP contribution in [0, 0.1) is 0 Å². The van der Waals surface area contributed by atoms with Crippen molar-refractivity contribution in [1.82, 2.24) is 15.1 Å². The van der Waals surface area contributed by atoms with E-state index in [4.69, 9.17) is 9.84 Å². The first kappa shape index (κ1) is 14.5. The molecule has 0 saturated carbocycles. The Balaban J connectivity index is 1.88. The maximum atomic E-state index is 5.89. The van der Waals surface area contributed by atoms with Crippen molar-refractivity contribution in [3.8, 4) is 0 Å². The number of likely N-dealkylation sites (N-methyl/N-ethyl adjacent to an activating group) is 1. The van der Waals surface area contributed by atoms with E-state index < -0.39 is 0 Å². The van der Waals surface area contributed by atoms with Gasteiger partial charge in [-0.2, -0.15) is 5.10 Å². The molecule has 1 aromatic heterocycles. The Labute approximate surface area is 126 Å². The molecular formula is C17H25N3O. The number of hydrogen-bond donors (Lipinski definition) is 1. The van der Waals surface area contributed by atoms with Gasteiger partial charge in [0.1, 0.15) is 0 Å². The first-order chi connectivity index (χ1) is 10.3. The van der Waals surface area contributed by atoms with E-state index in [9.17, 15) is 0 Å². The SMILES string of the molecule is CCNC(Cc1nn(CC)c2ccccc12)C1CCCO1. The van der Waals surface area contributed by atoms with E-state index in [1.807, 2.05) is 0 Å². The van der Waals surface area contributed by atoms with Gasteiger partial charge in [-0.3, -0.25) is 4.68 Å². The number of nitrogens with zero attached hydrogens (tertiary/aromatic N) is 2. The van der Waals surface area contributed by atoms with Gasteiger partial charge in [0.2, 0.25) is 0 Å². The molecule has 1 saturated heterocycles. The zero-order chi connectivity index (χ0) is 14.7. The van der Waals surface area contributed by atoms with E-state index in [1.165, 1.54) is 23.0 Å². The average Bonchev–Trinajstić information content (AvgIpc) is 3.15. The van der Waals surface area contributed by atoms with Gasteiger partial charge in [-0.15, -0.1) is 0 Å². The second-order valence-electron chi connectivity index (χ2n) is 5.70. The first-order valence-electron chi connectivity index (χ1n) is 8.12. The summed E-state index contributed by atoms with van der Waals surface area (Å²) >= 11 is 0. The number of aromatic nitrogens is 2. The Kier molecular flexibility index (Phi) is 4.56. The van der Waals surface area contributed by atoms with Crippen molar-refractivity contribution in [2.75, 3.05) is 13.2 Å². The molecule has 1 fully saturated rings. The molecule has 4 nitrogen and oxygen atoms in total. The highest BCUT2D eigenvalue weighted by molar-refractivity contribution is 5.82. The largest absolute Gasteiger partial charge is 0.377 e. The lowest BCUT2D eigenvalue weighted by Gasteiger charge is -2.23. The summed E-state index contributed by atoms with van der Waals surface area (Å²) in [5.41, 5.74) is 2.42. The zero-order valence-electron chi connectivity index (χ0n) is 13.0. The molecule has 1 N–H and O–H groups in total. The fraction of sp³-hybridized carbons (Fsp3) is 0.588. The van der Waals surface area contributed by atoms with Gasteiger partial charge in [0, 0.05) is 31.0 Å². The van der Waals surface area contributed by atoms with Crippen molar-refractivity contribution in [1.29, 1.82) is 0 Å². The van der Waals surface area contributed by atoms with Crippen LogP contribution in [-0.2, 0) is 17.7 Å². The quantitative estimate of drug-likeness (QED) is 0.888. The maximum absolute atomic E-state index is 5.89. The lowest BCUT2D eigenvalue weighted by atomic mass is 10.0. The maximum Gasteiger partial charge on any atom is 0.0732 e. The van der Waals surface area contributed by atoms with Gasteiger partial charge in [0.25, 0.3) is 0 Å². The topological polar surface area (TPSA) is 39.1 Å². The highest BCUT2D eigenvalue weighted by Crippen LogP contribution is 2.23. The van der Waals surface area contributed by atoms with Crippen LogP contribution in [0.2, 0.25) is 0 Å². The molecule has 2 unspecified atom stereocenters. The second kappa shape index (κ2) is 6.58. The molecule has 1 aliphatic rings. The predicted molar refractivity (Wildman–Crippen MR) is 85.5 cm³/mol. The number of ether oxygens (including phenoxy) is 1. The minimum atomic E-state index is 0.329. The van der Waals surface area contributed by atoms with Gasteiger partial charge < -0.3 is 10.1 Å². The standard InChI is InChI=1S/C17H25N3O/c1-3-18-15(17-10-7-11-21-17)12-14-13-8-5-6-9-16(13)20(4-2)19-14/h5-6,8-9,15,17-18H,3-4,7,10-12H2,1-2H3. The smallest absolute Gasteiger partial charge is 0.0732 e. The molecule has 2 atom stereocenters. The molecule has 1 aliphatic heterocycles. The monoisotopic (exact) mass is 287 g/mol. The van der Waals surface area contributed by atoms with E-state index in [-0.39, 0.29) is 0 Å². The summed E-state index contributed by atoms with van der Waals surface area (Å²) in [5.74, 6) is 0. The Morgan fingerprint density at radius 1 is 1.38 bits per heavy atom. The van der Waals surface area contributed by atoms with Crippen LogP contribution in [0.25, 0.3) is 10.9 Å². The van der Waals surface area contributed by atoms with Crippen LogP contribution < -0.4 is 5.32 Å². The van der Waals surface area contributed by atoms with Gasteiger partial charge in [0.05, 0.1) is 17.3 Å². The molecule has 0 radical (unpaired) electrons. The van der Waals surface area contributed by atoms with Crippen molar-refractivity contribution in [2.45, 2.75) is 51.8 Å². The molecule has 1 aromatic carbocycles. The highest BCUT2D eigenvalue weighted by Gasteiger charge is 2.27. The van der Waals surface area contributed by atoms with Crippen LogP contribution in [0.5, 0.6) is 0 Å². The second-order valence-corrected chi connectivity index (χ2v) is 5.70. The van der Waals surface area contributed by atoms with E-state index in [1.54, 1.807) is 0 Å². The van der Waals surface area contributed by atoms with Gasteiger partial charge in [-0.05, 0) is 32.4 Å². The normalized spacial score (nSPS) is 20.2. The summed E-state index contributed by atoms with van der Waals surface area (Å²) < 4.78 is 7.99. The van der Waals surface area contributed by atoms with Crippen LogP contribution >= 0.6 is 0 Å². The van der Waals surface area contributed by atoms with Crippen LogP contribution in [0.15, 0.2) is 24.3 Å². The lowest BCUT2D eigenvalue weighted by molar-refractivity contribution is 0.0786. The number of rotatable bonds is 6. The fourth-order valence-electron chi connectivity index (χ4n) is 3.31. The predicted octanol–water partition coefficient (Wildman–Crippen LogP) is 2.76. The Bertz CT molecular complexity index is 587. The zero-order valence-corrected chi connectivity index (χ0v) is 13.0. The van der Waals surface area contributed by atoms with Gasteiger partial charge in [0.15, 0.2) is 0 Å². The summed E-state index contributed by atoms with van der Waals surface area (Å²) in [5, 5.41) is 9.69. The summed E-state index contributed by atoms with van der Waals surface area (Å²) in [7, 11) is 0. The molecule has 0 spiro atoms. The van der Waals surface area contributed by atoms with E-state index in [2.05, 4.69) is 48.1 Å². The number of aryl methyl sites for hydroxylation is 1. The molecular weight excluding hydrogens is 262 g/mol. The third kappa shape index (κ3) is 2.97. The summed E-state index contributed by atoms with van der Waals surface area (Å²) in [6.45, 7) is 7.08. The average molecular weight is 287 g/mol. The molecule has 2 heterocycles. The third-order valence-corrected chi connectivity index (χ3v) is 4.33. The Morgan fingerprint density at radius 3 is 2.95 bits per heavy atom. The molecule has 2 aromatic rings. The van der Waals surface area contributed by atoms with Gasteiger partial charge >= 0.3 is 0 Å². The number of benzene rings is 1. The number of nitrogens with one attached hydrogen (secondary N) is 1. The van der Waals surface area contributed by atoms with Crippen molar-refractivity contribution < 1.29 is 4.74 Å². The third-order valence-electron chi connectivity index (χ3n) is 4.33. The molecule has 4 heteroatoms. The van der Waals surface area contributed by atoms with Crippen LogP contribution in [0.1, 0.15) is 32.4 Å². The lowest BCUT2D eigenvalue weighted by Crippen LogP contribution is -2.41. The fourth-order valence-corrected chi connectivity index (χ4v) is 3.31. The van der Waals surface area contributed by atoms with Crippen molar-refractivity contribution in [3.05, 3.63) is 30.0 Å². The summed E-state index contributed by atoms with van der Waals surface area (Å²) in [4.78, 5) is 0. The van der Waals surface area contributed by atoms with Crippen LogP contribution in [0.4, 0.5) is 0 Å². The molecule has 0 bridgehead atoms. The first-order valence-corrected chi connectivity index (χ1v) is 8.12.